The van der Waals surface area contributed by atoms with Crippen LogP contribution in [0, 0.1) is 23.7 Å². The lowest BCUT2D eigenvalue weighted by atomic mass is 10.1. The summed E-state index contributed by atoms with van der Waals surface area (Å²) in [6, 6.07) is 6.84. The van der Waals surface area contributed by atoms with Crippen LogP contribution in [0.25, 0.3) is 6.08 Å². The van der Waals surface area contributed by atoms with Gasteiger partial charge >= 0.3 is 5.97 Å². The molecule has 0 atom stereocenters. The van der Waals surface area contributed by atoms with Crippen molar-refractivity contribution in [1.29, 1.82) is 5.26 Å². The number of carboxylic acids is 1. The lowest BCUT2D eigenvalue weighted by Gasteiger charge is -2.21. The molecule has 1 N–H and O–H groups in total. The van der Waals surface area contributed by atoms with Crippen LogP contribution in [0.1, 0.15) is 5.56 Å². The summed E-state index contributed by atoms with van der Waals surface area (Å²) >= 11 is 0. The van der Waals surface area contributed by atoms with E-state index in [9.17, 15) is 4.79 Å². The molecule has 22 heavy (non-hydrogen) atoms. The van der Waals surface area contributed by atoms with Crippen molar-refractivity contribution in [2.24, 2.45) is 0 Å². The first-order valence-electron chi connectivity index (χ1n) is 6.39. The molecular formula is C17H16N2O3. The lowest BCUT2D eigenvalue weighted by molar-refractivity contribution is -0.132. The van der Waals surface area contributed by atoms with Gasteiger partial charge in [-0.15, -0.1) is 13.0 Å². The van der Waals surface area contributed by atoms with Crippen molar-refractivity contribution in [3.63, 3.8) is 0 Å². The molecule has 0 aromatic heterocycles. The highest BCUT2D eigenvalue weighted by Gasteiger charge is 2.11. The van der Waals surface area contributed by atoms with Gasteiger partial charge in [-0.2, -0.15) is 5.26 Å². The van der Waals surface area contributed by atoms with Gasteiger partial charge in [0.05, 0.1) is 13.7 Å². The Morgan fingerprint density at radius 2 is 2.32 bits per heavy atom. The van der Waals surface area contributed by atoms with Crippen LogP contribution >= 0.6 is 0 Å². The highest BCUT2D eigenvalue weighted by atomic mass is 16.5. The summed E-state index contributed by atoms with van der Waals surface area (Å²) in [5.41, 5.74) is 0.961. The van der Waals surface area contributed by atoms with Crippen molar-refractivity contribution in [3.05, 3.63) is 42.0 Å². The highest BCUT2D eigenvalue weighted by molar-refractivity contribution is 5.97. The Morgan fingerprint density at radius 3 is 2.82 bits per heavy atom. The van der Waals surface area contributed by atoms with Gasteiger partial charge in [0.25, 0.3) is 0 Å². The zero-order chi connectivity index (χ0) is 16.5. The summed E-state index contributed by atoms with van der Waals surface area (Å²) in [6.45, 7) is 4.66. The van der Waals surface area contributed by atoms with Crippen LogP contribution in [-0.2, 0) is 4.79 Å². The molecule has 0 fully saturated rings. The quantitative estimate of drug-likeness (QED) is 0.362. The third-order valence-corrected chi connectivity index (χ3v) is 2.86. The van der Waals surface area contributed by atoms with E-state index in [0.717, 1.165) is 5.69 Å². The average molecular weight is 296 g/mol. The first kappa shape index (κ1) is 16.9. The summed E-state index contributed by atoms with van der Waals surface area (Å²) in [6.07, 6.45) is 8.35. The average Bonchev–Trinajstić information content (AvgIpc) is 2.52. The number of ether oxygens (including phenoxy) is 1. The van der Waals surface area contributed by atoms with Gasteiger partial charge in [-0.05, 0) is 18.2 Å². The Morgan fingerprint density at radius 1 is 1.59 bits per heavy atom. The van der Waals surface area contributed by atoms with E-state index < -0.39 is 5.97 Å². The van der Waals surface area contributed by atoms with Crippen LogP contribution in [0.3, 0.4) is 0 Å². The van der Waals surface area contributed by atoms with Crippen molar-refractivity contribution in [1.82, 2.24) is 0 Å². The maximum absolute atomic E-state index is 10.9. The van der Waals surface area contributed by atoms with Crippen LogP contribution in [0.5, 0.6) is 5.75 Å². The van der Waals surface area contributed by atoms with Gasteiger partial charge in [-0.3, -0.25) is 0 Å². The Kier molecular flexibility index (Phi) is 6.28. The van der Waals surface area contributed by atoms with Gasteiger partial charge in [0.15, 0.2) is 0 Å². The number of carboxylic acid groups (broad SMARTS) is 1. The van der Waals surface area contributed by atoms with E-state index in [1.807, 2.05) is 4.90 Å². The van der Waals surface area contributed by atoms with E-state index in [1.165, 1.54) is 13.2 Å². The summed E-state index contributed by atoms with van der Waals surface area (Å²) in [7, 11) is 1.47. The van der Waals surface area contributed by atoms with E-state index in [0.29, 0.717) is 24.4 Å². The van der Waals surface area contributed by atoms with Crippen molar-refractivity contribution < 1.29 is 14.6 Å². The van der Waals surface area contributed by atoms with Crippen LogP contribution in [0.15, 0.2) is 36.4 Å². The fraction of sp³-hybridized carbons (Fsp3) is 0.176. The molecule has 0 spiro atoms. The number of terminal acetylenes is 1. The van der Waals surface area contributed by atoms with E-state index in [1.54, 1.807) is 30.3 Å². The maximum atomic E-state index is 10.9. The molecule has 0 aliphatic rings. The predicted molar refractivity (Wildman–Crippen MR) is 85.5 cm³/mol. The number of hydrogen-bond acceptors (Lipinski definition) is 4. The fourth-order valence-corrected chi connectivity index (χ4v) is 1.84. The molecule has 0 aliphatic carbocycles. The number of anilines is 1. The molecule has 1 rings (SSSR count). The zero-order valence-electron chi connectivity index (χ0n) is 12.2. The van der Waals surface area contributed by atoms with Gasteiger partial charge in [0.2, 0.25) is 0 Å². The van der Waals surface area contributed by atoms with Crippen molar-refractivity contribution in [2.45, 2.75) is 0 Å². The Labute approximate surface area is 129 Å². The van der Waals surface area contributed by atoms with E-state index >= 15 is 0 Å². The largest absolute Gasteiger partial charge is 0.496 e. The second-order valence-corrected chi connectivity index (χ2v) is 4.27. The number of methoxy groups -OCH3 is 1. The predicted octanol–water partition coefficient (Wildman–Crippen LogP) is 2.31. The molecule has 5 nitrogen and oxygen atoms in total. The first-order valence-corrected chi connectivity index (χ1v) is 6.39. The molecule has 1 aromatic carbocycles. The van der Waals surface area contributed by atoms with Gasteiger partial charge in [0.1, 0.15) is 17.4 Å². The summed E-state index contributed by atoms with van der Waals surface area (Å²) in [5.74, 6) is 1.74. The molecule has 0 aliphatic heterocycles. The van der Waals surface area contributed by atoms with Crippen molar-refractivity contribution >= 4 is 17.7 Å². The third kappa shape index (κ3) is 4.16. The maximum Gasteiger partial charge on any atom is 0.346 e. The number of aliphatic carboxylic acids is 1. The molecule has 0 unspecified atom stereocenters. The van der Waals surface area contributed by atoms with Crippen molar-refractivity contribution in [3.8, 4) is 24.2 Å². The first-order chi connectivity index (χ1) is 10.6. The normalized spacial score (nSPS) is 10.2. The van der Waals surface area contributed by atoms with Gasteiger partial charge in [-0.1, -0.05) is 12.0 Å². The molecule has 112 valence electrons. The van der Waals surface area contributed by atoms with E-state index in [-0.39, 0.29) is 5.57 Å². The molecule has 1 aromatic rings. The molecule has 0 saturated heterocycles. The molecule has 0 bridgehead atoms. The smallest absolute Gasteiger partial charge is 0.346 e. The standard InChI is InChI=1S/C17H16N2O3/c1-4-8-19(9-5-2)15-7-6-13(16(11-15)22-3)10-14(12-18)17(20)21/h1,5-7,10-11H,2,8-9H2,3H3,(H,20,21)/b14-10+. The number of nitrogens with zero attached hydrogens (tertiary/aromatic N) is 2. The fourth-order valence-electron chi connectivity index (χ4n) is 1.84. The summed E-state index contributed by atoms with van der Waals surface area (Å²) < 4.78 is 5.27. The Bertz CT molecular complexity index is 678. The summed E-state index contributed by atoms with van der Waals surface area (Å²) in [4.78, 5) is 12.8. The SMILES string of the molecule is C#CCN(CC=C)c1ccc(/C=C(\C#N)C(=O)O)c(OC)c1. The number of hydrogen-bond donors (Lipinski definition) is 1. The highest BCUT2D eigenvalue weighted by Crippen LogP contribution is 2.27. The Hall–Kier alpha value is -3.18. The topological polar surface area (TPSA) is 73.6 Å². The lowest BCUT2D eigenvalue weighted by Crippen LogP contribution is -2.23. The van der Waals surface area contributed by atoms with Crippen LogP contribution in [-0.4, -0.2) is 31.3 Å². The minimum atomic E-state index is -1.28. The van der Waals surface area contributed by atoms with E-state index in [2.05, 4.69) is 12.5 Å². The Balaban J connectivity index is 3.26. The number of carbonyl (C=O) groups is 1. The third-order valence-electron chi connectivity index (χ3n) is 2.86. The van der Waals surface area contributed by atoms with Crippen LogP contribution in [0.4, 0.5) is 5.69 Å². The monoisotopic (exact) mass is 296 g/mol. The molecular weight excluding hydrogens is 280 g/mol. The molecule has 0 amide bonds. The van der Waals surface area contributed by atoms with Crippen LogP contribution < -0.4 is 9.64 Å². The number of nitriles is 1. The molecule has 0 radical (unpaired) electrons. The number of benzene rings is 1. The van der Waals surface area contributed by atoms with Gasteiger partial charge < -0.3 is 14.7 Å². The van der Waals surface area contributed by atoms with Gasteiger partial charge in [-0.25, -0.2) is 4.79 Å². The molecule has 0 saturated carbocycles. The summed E-state index contributed by atoms with van der Waals surface area (Å²) in [5, 5.41) is 17.7. The van der Waals surface area contributed by atoms with Crippen molar-refractivity contribution in [2.75, 3.05) is 25.1 Å². The zero-order valence-corrected chi connectivity index (χ0v) is 12.2. The second kappa shape index (κ2) is 8.18. The molecule has 5 heteroatoms. The second-order valence-electron chi connectivity index (χ2n) is 4.27. The minimum absolute atomic E-state index is 0.363. The van der Waals surface area contributed by atoms with Gasteiger partial charge in [0, 0.05) is 23.9 Å². The number of rotatable bonds is 7. The van der Waals surface area contributed by atoms with E-state index in [4.69, 9.17) is 21.5 Å². The minimum Gasteiger partial charge on any atom is -0.496 e. The van der Waals surface area contributed by atoms with Crippen LogP contribution in [0.2, 0.25) is 0 Å². The molecule has 0 heterocycles.